The Bertz CT molecular complexity index is 1190. The molecule has 30 heavy (non-hydrogen) atoms. The van der Waals surface area contributed by atoms with Crippen LogP contribution in [-0.2, 0) is 29.2 Å². The van der Waals surface area contributed by atoms with Crippen LogP contribution < -0.4 is 5.32 Å². The lowest BCUT2D eigenvalue weighted by atomic mass is 10.2. The lowest BCUT2D eigenvalue weighted by molar-refractivity contribution is -0.137. The number of anilines is 1. The number of hydrogen-bond acceptors (Lipinski definition) is 6. The number of carbonyl (C=O) groups excluding carboxylic acids is 1. The van der Waals surface area contributed by atoms with Crippen LogP contribution >= 0.6 is 22.7 Å². The van der Waals surface area contributed by atoms with Crippen molar-refractivity contribution in [3.63, 3.8) is 0 Å². The number of sulfonamides is 1. The Morgan fingerprint density at radius 3 is 2.70 bits per heavy atom. The van der Waals surface area contributed by atoms with Gasteiger partial charge in [-0.2, -0.15) is 17.5 Å². The van der Waals surface area contributed by atoms with Crippen LogP contribution in [0.1, 0.15) is 25.8 Å². The molecule has 0 unspecified atom stereocenters. The predicted octanol–water partition coefficient (Wildman–Crippen LogP) is 4.22. The molecule has 158 valence electrons. The zero-order valence-electron chi connectivity index (χ0n) is 15.1. The van der Waals surface area contributed by atoms with Gasteiger partial charge in [-0.05, 0) is 29.6 Å². The van der Waals surface area contributed by atoms with Crippen LogP contribution in [-0.4, -0.2) is 30.2 Å². The van der Waals surface area contributed by atoms with Crippen molar-refractivity contribution < 1.29 is 26.4 Å². The number of nitrogens with zero attached hydrogens (tertiary/aromatic N) is 2. The average molecular weight is 474 g/mol. The smallest absolute Gasteiger partial charge is 0.297 e. The Hall–Kier alpha value is -2.28. The van der Waals surface area contributed by atoms with Gasteiger partial charge in [0.15, 0.2) is 5.13 Å². The number of halogens is 3. The predicted molar refractivity (Wildman–Crippen MR) is 107 cm³/mol. The Balaban J connectivity index is 1.54. The van der Waals surface area contributed by atoms with Crippen LogP contribution in [0.25, 0.3) is 0 Å². The molecule has 2 aromatic heterocycles. The summed E-state index contributed by atoms with van der Waals surface area (Å²) in [5.74, 6) is -0.301. The number of fused-ring (bicyclic) bond motifs is 1. The number of alkyl halides is 3. The summed E-state index contributed by atoms with van der Waals surface area (Å²) in [6.07, 6.45) is -4.33. The summed E-state index contributed by atoms with van der Waals surface area (Å²) in [4.78, 5) is 17.3. The lowest BCUT2D eigenvalue weighted by Crippen LogP contribution is -2.35. The Morgan fingerprint density at radius 2 is 2.00 bits per heavy atom. The Morgan fingerprint density at radius 1 is 1.20 bits per heavy atom. The molecule has 1 aromatic carbocycles. The van der Waals surface area contributed by atoms with Crippen LogP contribution in [0.3, 0.4) is 0 Å². The second kappa shape index (κ2) is 7.76. The van der Waals surface area contributed by atoms with Crippen LogP contribution in [0, 0.1) is 0 Å². The monoisotopic (exact) mass is 473 g/mol. The third-order valence-corrected chi connectivity index (χ3v) is 8.17. The number of thiophene rings is 1. The summed E-state index contributed by atoms with van der Waals surface area (Å²) in [5.41, 5.74) is -0.338. The molecule has 1 aliphatic rings. The number of nitrogens with one attached hydrogen (secondary N) is 1. The van der Waals surface area contributed by atoms with Crippen LogP contribution in [0.15, 0.2) is 46.7 Å². The molecular weight excluding hydrogens is 459 g/mol. The highest BCUT2D eigenvalue weighted by Crippen LogP contribution is 2.34. The number of thiazole rings is 1. The van der Waals surface area contributed by atoms with Crippen molar-refractivity contribution in [1.82, 2.24) is 9.29 Å². The maximum Gasteiger partial charge on any atom is 0.416 e. The highest BCUT2D eigenvalue weighted by Gasteiger charge is 2.34. The van der Waals surface area contributed by atoms with Gasteiger partial charge in [0, 0.05) is 17.8 Å². The average Bonchev–Trinajstić information content (AvgIpc) is 3.36. The molecule has 1 N–H and O–H groups in total. The van der Waals surface area contributed by atoms with E-state index >= 15 is 0 Å². The van der Waals surface area contributed by atoms with Gasteiger partial charge in [-0.1, -0.05) is 12.1 Å². The molecule has 3 aromatic rings. The van der Waals surface area contributed by atoms with Gasteiger partial charge in [0.1, 0.15) is 0 Å². The van der Waals surface area contributed by atoms with E-state index in [0.717, 1.165) is 33.8 Å². The molecule has 1 aliphatic heterocycles. The molecule has 0 aliphatic carbocycles. The van der Waals surface area contributed by atoms with E-state index in [1.807, 2.05) is 0 Å². The van der Waals surface area contributed by atoms with Crippen molar-refractivity contribution in [3.8, 4) is 0 Å². The van der Waals surface area contributed by atoms with Crippen LogP contribution in [0.2, 0.25) is 0 Å². The third-order valence-electron chi connectivity index (χ3n) is 4.46. The van der Waals surface area contributed by atoms with Gasteiger partial charge in [-0.3, -0.25) is 10.1 Å². The zero-order chi connectivity index (χ0) is 21.5. The molecule has 12 heteroatoms. The standard InChI is InChI=1S/C18H14F3N3O3S3/c19-18(20,21)11-3-1-4-12(9-11)30(26,27)24-7-6-13-15(10-24)29-17(22-13)23-16(25)14-5-2-8-28-14/h1-5,8-9H,6-7,10H2,(H,22,23,25). The summed E-state index contributed by atoms with van der Waals surface area (Å²) < 4.78 is 65.8. The molecule has 0 saturated carbocycles. The molecule has 0 fully saturated rings. The van der Waals surface area contributed by atoms with Gasteiger partial charge in [0.05, 0.1) is 27.6 Å². The quantitative estimate of drug-likeness (QED) is 0.615. The number of amides is 1. The first-order valence-electron chi connectivity index (χ1n) is 8.65. The van der Waals surface area contributed by atoms with E-state index in [9.17, 15) is 26.4 Å². The maximum absolute atomic E-state index is 13.0. The molecular formula is C18H14F3N3O3S3. The van der Waals surface area contributed by atoms with E-state index in [4.69, 9.17) is 0 Å². The zero-order valence-corrected chi connectivity index (χ0v) is 17.6. The first-order chi connectivity index (χ1) is 14.1. The van der Waals surface area contributed by atoms with E-state index in [0.29, 0.717) is 33.1 Å². The van der Waals surface area contributed by atoms with Crippen molar-refractivity contribution in [2.24, 2.45) is 0 Å². The second-order valence-electron chi connectivity index (χ2n) is 6.43. The summed E-state index contributed by atoms with van der Waals surface area (Å²) >= 11 is 2.45. The summed E-state index contributed by atoms with van der Waals surface area (Å²) in [6.45, 7) is 0.0775. The number of hydrogen-bond donors (Lipinski definition) is 1. The van der Waals surface area contributed by atoms with Gasteiger partial charge in [-0.25, -0.2) is 13.4 Å². The van der Waals surface area contributed by atoms with Gasteiger partial charge < -0.3 is 0 Å². The van der Waals surface area contributed by atoms with Gasteiger partial charge in [0.2, 0.25) is 10.0 Å². The highest BCUT2D eigenvalue weighted by atomic mass is 32.2. The number of aromatic nitrogens is 1. The number of rotatable bonds is 4. The van der Waals surface area contributed by atoms with E-state index in [-0.39, 0.29) is 19.0 Å². The first-order valence-corrected chi connectivity index (χ1v) is 11.8. The molecule has 1 amide bonds. The number of carbonyl (C=O) groups is 1. The SMILES string of the molecule is O=C(Nc1nc2c(s1)CN(S(=O)(=O)c1cccc(C(F)(F)F)c1)CC2)c1cccs1. The normalized spacial score (nSPS) is 15.0. The molecule has 3 heterocycles. The van der Waals surface area contributed by atoms with Crippen molar-refractivity contribution in [2.45, 2.75) is 24.0 Å². The Kier molecular flexibility index (Phi) is 5.43. The topological polar surface area (TPSA) is 79.4 Å². The molecule has 0 radical (unpaired) electrons. The third kappa shape index (κ3) is 4.13. The minimum Gasteiger partial charge on any atom is -0.297 e. The van der Waals surface area contributed by atoms with Gasteiger partial charge in [-0.15, -0.1) is 22.7 Å². The van der Waals surface area contributed by atoms with E-state index < -0.39 is 26.7 Å². The van der Waals surface area contributed by atoms with Gasteiger partial charge >= 0.3 is 6.18 Å². The van der Waals surface area contributed by atoms with Crippen LogP contribution in [0.4, 0.5) is 18.3 Å². The Labute approximate surface area is 178 Å². The fourth-order valence-electron chi connectivity index (χ4n) is 2.98. The number of benzene rings is 1. The van der Waals surface area contributed by atoms with Crippen molar-refractivity contribution in [1.29, 1.82) is 0 Å². The van der Waals surface area contributed by atoms with E-state index in [1.165, 1.54) is 11.3 Å². The molecule has 0 spiro atoms. The van der Waals surface area contributed by atoms with E-state index in [2.05, 4.69) is 10.3 Å². The van der Waals surface area contributed by atoms with Crippen molar-refractivity contribution in [3.05, 3.63) is 62.8 Å². The molecule has 4 rings (SSSR count). The minimum atomic E-state index is -4.63. The van der Waals surface area contributed by atoms with E-state index in [1.54, 1.807) is 17.5 Å². The van der Waals surface area contributed by atoms with Crippen molar-refractivity contribution >= 4 is 43.7 Å². The summed E-state index contributed by atoms with van der Waals surface area (Å²) in [6, 6.07) is 7.14. The highest BCUT2D eigenvalue weighted by molar-refractivity contribution is 7.89. The fourth-order valence-corrected chi connectivity index (χ4v) is 6.15. The maximum atomic E-state index is 13.0. The van der Waals surface area contributed by atoms with Crippen LogP contribution in [0.5, 0.6) is 0 Å². The van der Waals surface area contributed by atoms with Crippen molar-refractivity contribution in [2.75, 3.05) is 11.9 Å². The minimum absolute atomic E-state index is 0.0134. The summed E-state index contributed by atoms with van der Waals surface area (Å²) in [7, 11) is -4.11. The molecule has 0 atom stereocenters. The van der Waals surface area contributed by atoms with Gasteiger partial charge in [0.25, 0.3) is 5.91 Å². The summed E-state index contributed by atoms with van der Waals surface area (Å²) in [5, 5.41) is 4.83. The largest absolute Gasteiger partial charge is 0.416 e. The first kappa shape index (κ1) is 21.0. The second-order valence-corrected chi connectivity index (χ2v) is 10.4. The lowest BCUT2D eigenvalue weighted by Gasteiger charge is -2.25. The fraction of sp³-hybridized carbons (Fsp3) is 0.222. The molecule has 6 nitrogen and oxygen atoms in total. The molecule has 0 saturated heterocycles. The molecule has 0 bridgehead atoms.